The number of hydrogen-bond acceptors (Lipinski definition) is 5. The van der Waals surface area contributed by atoms with E-state index in [1.54, 1.807) is 22.0 Å². The molecular weight excluding hydrogens is 471 g/mol. The van der Waals surface area contributed by atoms with Crippen LogP contribution in [0.1, 0.15) is 48.4 Å². The molecule has 1 unspecified atom stereocenters. The number of halogens is 1. The molecule has 1 saturated heterocycles. The first-order valence-electron chi connectivity index (χ1n) is 13.3. The zero-order chi connectivity index (χ0) is 25.8. The summed E-state index contributed by atoms with van der Waals surface area (Å²) < 4.78 is 19.0. The summed E-state index contributed by atoms with van der Waals surface area (Å²) in [5.41, 5.74) is 3.66. The zero-order valence-corrected chi connectivity index (χ0v) is 21.4. The number of ether oxygens (including phenoxy) is 1. The number of carbonyl (C=O) groups excluding carboxylic acids is 2. The standard InChI is InChI=1S/C29H35FN4O3/c1-21-5-7-23(8-6-21)27-19-26(22-9-11-25(30)12-10-22)31-34(27)28(35)20-33(29(36)24-3-2-4-24)14-13-32-15-17-37-18-16-32/h5-12,24,27H,2-4,13-20H2,1H3. The number of morpholine rings is 1. The molecule has 2 fully saturated rings. The fourth-order valence-electron chi connectivity index (χ4n) is 5.11. The van der Waals surface area contributed by atoms with Crippen molar-refractivity contribution >= 4 is 17.5 Å². The van der Waals surface area contributed by atoms with Gasteiger partial charge in [-0.15, -0.1) is 0 Å². The second-order valence-corrected chi connectivity index (χ2v) is 10.3. The summed E-state index contributed by atoms with van der Waals surface area (Å²) in [4.78, 5) is 31.1. The zero-order valence-electron chi connectivity index (χ0n) is 21.4. The first-order chi connectivity index (χ1) is 18.0. The molecule has 3 aliphatic rings. The maximum atomic E-state index is 13.8. The highest BCUT2D eigenvalue weighted by Gasteiger charge is 2.36. The van der Waals surface area contributed by atoms with E-state index in [2.05, 4.69) is 4.90 Å². The minimum Gasteiger partial charge on any atom is -0.379 e. The molecule has 1 saturated carbocycles. The second kappa shape index (κ2) is 11.5. The molecule has 2 heterocycles. The maximum absolute atomic E-state index is 13.8. The van der Waals surface area contributed by atoms with Gasteiger partial charge in [0.2, 0.25) is 5.91 Å². The van der Waals surface area contributed by atoms with E-state index in [0.29, 0.717) is 26.2 Å². The highest BCUT2D eigenvalue weighted by Crippen LogP contribution is 2.34. The minimum absolute atomic E-state index is 0.00221. The number of hydrazone groups is 1. The molecule has 2 amide bonds. The van der Waals surface area contributed by atoms with E-state index in [1.807, 2.05) is 31.2 Å². The highest BCUT2D eigenvalue weighted by molar-refractivity contribution is 6.03. The van der Waals surface area contributed by atoms with Crippen LogP contribution in [-0.2, 0) is 14.3 Å². The van der Waals surface area contributed by atoms with Gasteiger partial charge in [0.1, 0.15) is 12.4 Å². The molecule has 0 bridgehead atoms. The van der Waals surface area contributed by atoms with Crippen LogP contribution in [0.5, 0.6) is 0 Å². The molecule has 7 nitrogen and oxygen atoms in total. The number of carbonyl (C=O) groups is 2. The molecular formula is C29H35FN4O3. The van der Waals surface area contributed by atoms with Crippen molar-refractivity contribution < 1.29 is 18.7 Å². The van der Waals surface area contributed by atoms with Gasteiger partial charge in [-0.1, -0.05) is 48.4 Å². The van der Waals surface area contributed by atoms with E-state index in [4.69, 9.17) is 9.84 Å². The molecule has 1 atom stereocenters. The van der Waals surface area contributed by atoms with E-state index in [9.17, 15) is 14.0 Å². The van der Waals surface area contributed by atoms with Gasteiger partial charge in [-0.05, 0) is 43.0 Å². The van der Waals surface area contributed by atoms with Gasteiger partial charge >= 0.3 is 0 Å². The fraction of sp³-hybridized carbons (Fsp3) is 0.483. The van der Waals surface area contributed by atoms with Gasteiger partial charge in [0.05, 0.1) is 25.0 Å². The number of hydrogen-bond donors (Lipinski definition) is 0. The number of nitrogens with zero attached hydrogens (tertiary/aromatic N) is 4. The van der Waals surface area contributed by atoms with Crippen molar-refractivity contribution in [1.82, 2.24) is 14.8 Å². The predicted octanol–water partition coefficient (Wildman–Crippen LogP) is 3.77. The van der Waals surface area contributed by atoms with Gasteiger partial charge in [0.15, 0.2) is 0 Å². The summed E-state index contributed by atoms with van der Waals surface area (Å²) in [5.74, 6) is -0.419. The van der Waals surface area contributed by atoms with E-state index in [1.165, 1.54) is 12.1 Å². The molecule has 2 aromatic carbocycles. The first-order valence-corrected chi connectivity index (χ1v) is 13.3. The third-order valence-electron chi connectivity index (χ3n) is 7.69. The number of rotatable bonds is 8. The van der Waals surface area contributed by atoms with Crippen molar-refractivity contribution in [1.29, 1.82) is 0 Å². The summed E-state index contributed by atoms with van der Waals surface area (Å²) in [6.07, 6.45) is 3.38. The van der Waals surface area contributed by atoms with Crippen LogP contribution in [0.15, 0.2) is 53.6 Å². The van der Waals surface area contributed by atoms with E-state index in [0.717, 1.165) is 61.3 Å². The Morgan fingerprint density at radius 1 is 1.05 bits per heavy atom. The summed E-state index contributed by atoms with van der Waals surface area (Å²) in [7, 11) is 0. The fourth-order valence-corrected chi connectivity index (χ4v) is 5.11. The molecule has 0 spiro atoms. The third-order valence-corrected chi connectivity index (χ3v) is 7.69. The summed E-state index contributed by atoms with van der Waals surface area (Å²) in [5, 5.41) is 6.26. The third kappa shape index (κ3) is 6.08. The molecule has 1 aliphatic carbocycles. The van der Waals surface area contributed by atoms with Crippen molar-refractivity contribution in [3.63, 3.8) is 0 Å². The second-order valence-electron chi connectivity index (χ2n) is 10.3. The summed E-state index contributed by atoms with van der Waals surface area (Å²) >= 11 is 0. The lowest BCUT2D eigenvalue weighted by molar-refractivity contribution is -0.145. The molecule has 0 N–H and O–H groups in total. The Morgan fingerprint density at radius 2 is 1.76 bits per heavy atom. The lowest BCUT2D eigenvalue weighted by atomic mass is 9.84. The van der Waals surface area contributed by atoms with Crippen molar-refractivity contribution in [2.75, 3.05) is 45.9 Å². The Labute approximate surface area is 217 Å². The first kappa shape index (κ1) is 25.5. The van der Waals surface area contributed by atoms with Crippen LogP contribution in [0.4, 0.5) is 4.39 Å². The van der Waals surface area contributed by atoms with Gasteiger partial charge < -0.3 is 9.64 Å². The molecule has 196 valence electrons. The van der Waals surface area contributed by atoms with E-state index in [-0.39, 0.29) is 36.1 Å². The van der Waals surface area contributed by atoms with Crippen LogP contribution in [0.2, 0.25) is 0 Å². The molecule has 8 heteroatoms. The minimum atomic E-state index is -0.309. The SMILES string of the molecule is Cc1ccc(C2CC(c3ccc(F)cc3)=NN2C(=O)CN(CCN2CCOCC2)C(=O)C2CCC2)cc1. The summed E-state index contributed by atoms with van der Waals surface area (Å²) in [6.45, 7) is 6.34. The van der Waals surface area contributed by atoms with Crippen molar-refractivity contribution in [3.8, 4) is 0 Å². The molecule has 0 radical (unpaired) electrons. The van der Waals surface area contributed by atoms with Crippen molar-refractivity contribution in [3.05, 3.63) is 71.0 Å². The van der Waals surface area contributed by atoms with Crippen LogP contribution in [-0.4, -0.2) is 78.3 Å². The topological polar surface area (TPSA) is 65.5 Å². The molecule has 0 aromatic heterocycles. The van der Waals surface area contributed by atoms with Gasteiger partial charge in [-0.25, -0.2) is 9.40 Å². The van der Waals surface area contributed by atoms with Crippen LogP contribution in [0, 0.1) is 18.7 Å². The Bertz CT molecular complexity index is 1120. The molecule has 5 rings (SSSR count). The van der Waals surface area contributed by atoms with Crippen molar-refractivity contribution in [2.24, 2.45) is 11.0 Å². The van der Waals surface area contributed by atoms with Gasteiger partial charge in [-0.2, -0.15) is 5.10 Å². The van der Waals surface area contributed by atoms with Crippen molar-refractivity contribution in [2.45, 2.75) is 38.6 Å². The van der Waals surface area contributed by atoms with Crippen LogP contribution >= 0.6 is 0 Å². The quantitative estimate of drug-likeness (QED) is 0.547. The highest BCUT2D eigenvalue weighted by atomic mass is 19.1. The van der Waals surface area contributed by atoms with E-state index < -0.39 is 0 Å². The Kier molecular flexibility index (Phi) is 7.96. The number of amides is 2. The number of benzene rings is 2. The van der Waals surface area contributed by atoms with Gasteiger partial charge in [0, 0.05) is 38.5 Å². The number of aryl methyl sites for hydroxylation is 1. The van der Waals surface area contributed by atoms with Crippen LogP contribution in [0.3, 0.4) is 0 Å². The average Bonchev–Trinajstić information content (AvgIpc) is 3.32. The smallest absolute Gasteiger partial charge is 0.262 e. The summed E-state index contributed by atoms with van der Waals surface area (Å²) in [6, 6.07) is 14.1. The largest absolute Gasteiger partial charge is 0.379 e. The monoisotopic (exact) mass is 506 g/mol. The van der Waals surface area contributed by atoms with Crippen LogP contribution in [0.25, 0.3) is 0 Å². The molecule has 2 aliphatic heterocycles. The molecule has 37 heavy (non-hydrogen) atoms. The Morgan fingerprint density at radius 3 is 2.41 bits per heavy atom. The maximum Gasteiger partial charge on any atom is 0.262 e. The molecule has 2 aromatic rings. The Hall–Kier alpha value is -3.10. The average molecular weight is 507 g/mol. The van der Waals surface area contributed by atoms with Gasteiger partial charge in [0.25, 0.3) is 5.91 Å². The normalized spacial score (nSPS) is 20.4. The lowest BCUT2D eigenvalue weighted by Crippen LogP contribution is -2.49. The van der Waals surface area contributed by atoms with Crippen LogP contribution < -0.4 is 0 Å². The van der Waals surface area contributed by atoms with E-state index >= 15 is 0 Å². The lowest BCUT2D eigenvalue weighted by Gasteiger charge is -2.34. The van der Waals surface area contributed by atoms with Gasteiger partial charge in [-0.3, -0.25) is 14.5 Å². The predicted molar refractivity (Wildman–Crippen MR) is 139 cm³/mol. The Balaban J connectivity index is 1.36.